The van der Waals surface area contributed by atoms with Crippen molar-refractivity contribution in [2.24, 2.45) is 0 Å². The van der Waals surface area contributed by atoms with Gasteiger partial charge in [-0.1, -0.05) is 12.1 Å². The molecule has 2 heterocycles. The lowest BCUT2D eigenvalue weighted by Crippen LogP contribution is -2.47. The Kier molecular flexibility index (Phi) is 2.94. The Hall–Kier alpha value is -2.70. The fourth-order valence-electron chi connectivity index (χ4n) is 2.12. The number of carbonyl (C=O) groups is 2. The van der Waals surface area contributed by atoms with Crippen LogP contribution in [-0.4, -0.2) is 27.8 Å². The van der Waals surface area contributed by atoms with Gasteiger partial charge in [-0.15, -0.1) is 0 Å². The molecular formula is C13H13N5O2. The van der Waals surface area contributed by atoms with E-state index in [4.69, 9.17) is 5.73 Å². The number of fused-ring (bicyclic) bond motifs is 1. The number of hydrogen-bond donors (Lipinski definition) is 3. The molecule has 1 fully saturated rings. The van der Waals surface area contributed by atoms with E-state index in [0.717, 1.165) is 0 Å². The summed E-state index contributed by atoms with van der Waals surface area (Å²) in [4.78, 5) is 31.4. The van der Waals surface area contributed by atoms with Crippen LogP contribution in [0.2, 0.25) is 0 Å². The van der Waals surface area contributed by atoms with E-state index >= 15 is 0 Å². The molecule has 1 aromatic heterocycles. The van der Waals surface area contributed by atoms with Gasteiger partial charge in [0, 0.05) is 6.42 Å². The summed E-state index contributed by atoms with van der Waals surface area (Å²) in [6.45, 7) is 0. The zero-order chi connectivity index (χ0) is 14.1. The number of nitrogens with one attached hydrogen (secondary N) is 2. The van der Waals surface area contributed by atoms with Crippen molar-refractivity contribution in [2.45, 2.75) is 18.9 Å². The molecule has 2 amide bonds. The molecule has 2 aromatic rings. The number of imide groups is 1. The molecule has 7 heteroatoms. The van der Waals surface area contributed by atoms with Gasteiger partial charge in [0.2, 0.25) is 11.8 Å². The highest BCUT2D eigenvalue weighted by Gasteiger charge is 2.27. The van der Waals surface area contributed by atoms with Gasteiger partial charge in [0.25, 0.3) is 0 Å². The molecule has 1 aliphatic rings. The number of aromatic nitrogens is 2. The minimum absolute atomic E-state index is 0.230. The van der Waals surface area contributed by atoms with Crippen LogP contribution in [0.5, 0.6) is 0 Å². The standard InChI is InChI=1S/C13H13N5O2/c14-11-12(16-8-4-2-1-3-7(8)15-11)17-9-5-6-10(19)18-13(9)20/h1-4,9H,5-6H2,(H2,14,15)(H,16,17)(H,18,19,20). The van der Waals surface area contributed by atoms with Crippen molar-refractivity contribution in [2.75, 3.05) is 11.1 Å². The SMILES string of the molecule is Nc1nc2ccccc2nc1NC1CCC(=O)NC1=O. The van der Waals surface area contributed by atoms with Gasteiger partial charge in [-0.3, -0.25) is 14.9 Å². The summed E-state index contributed by atoms with van der Waals surface area (Å²) >= 11 is 0. The van der Waals surface area contributed by atoms with Gasteiger partial charge in [0.05, 0.1) is 11.0 Å². The summed E-state index contributed by atoms with van der Waals surface area (Å²) in [5, 5.41) is 5.23. The normalized spacial score (nSPS) is 18.9. The summed E-state index contributed by atoms with van der Waals surface area (Å²) in [6.07, 6.45) is 0.711. The van der Waals surface area contributed by atoms with Crippen molar-refractivity contribution in [1.82, 2.24) is 15.3 Å². The molecule has 7 nitrogen and oxygen atoms in total. The highest BCUT2D eigenvalue weighted by molar-refractivity contribution is 6.01. The molecule has 1 aliphatic heterocycles. The molecule has 0 radical (unpaired) electrons. The summed E-state index contributed by atoms with van der Waals surface area (Å²) in [5.74, 6) is -0.0344. The zero-order valence-electron chi connectivity index (χ0n) is 10.6. The molecule has 1 unspecified atom stereocenters. The minimum atomic E-state index is -0.523. The van der Waals surface area contributed by atoms with E-state index in [1.807, 2.05) is 24.3 Å². The monoisotopic (exact) mass is 271 g/mol. The smallest absolute Gasteiger partial charge is 0.249 e. The fraction of sp³-hybridized carbons (Fsp3) is 0.231. The average Bonchev–Trinajstić information content (AvgIpc) is 2.42. The van der Waals surface area contributed by atoms with Gasteiger partial charge in [0.1, 0.15) is 6.04 Å². The molecule has 4 N–H and O–H groups in total. The van der Waals surface area contributed by atoms with Crippen LogP contribution in [-0.2, 0) is 9.59 Å². The van der Waals surface area contributed by atoms with E-state index in [2.05, 4.69) is 20.6 Å². The quantitative estimate of drug-likeness (QED) is 0.683. The van der Waals surface area contributed by atoms with Crippen molar-refractivity contribution in [3.05, 3.63) is 24.3 Å². The third kappa shape index (κ3) is 2.25. The van der Waals surface area contributed by atoms with E-state index in [0.29, 0.717) is 29.7 Å². The lowest BCUT2D eigenvalue weighted by Gasteiger charge is -2.22. The maximum atomic E-state index is 11.7. The molecule has 0 aliphatic carbocycles. The molecule has 0 bridgehead atoms. The van der Waals surface area contributed by atoms with Gasteiger partial charge in [-0.25, -0.2) is 9.97 Å². The predicted octanol–water partition coefficient (Wildman–Crippen LogP) is 0.429. The number of rotatable bonds is 2. The van der Waals surface area contributed by atoms with E-state index < -0.39 is 6.04 Å². The van der Waals surface area contributed by atoms with Gasteiger partial charge < -0.3 is 11.1 Å². The molecule has 0 spiro atoms. The number of hydrogen-bond acceptors (Lipinski definition) is 6. The van der Waals surface area contributed by atoms with Crippen LogP contribution in [0.15, 0.2) is 24.3 Å². The second kappa shape index (κ2) is 4.76. The van der Waals surface area contributed by atoms with Crippen LogP contribution in [0.4, 0.5) is 11.6 Å². The average molecular weight is 271 g/mol. The zero-order valence-corrected chi connectivity index (χ0v) is 10.6. The van der Waals surface area contributed by atoms with Gasteiger partial charge in [-0.05, 0) is 18.6 Å². The number of nitrogen functional groups attached to an aromatic ring is 1. The predicted molar refractivity (Wildman–Crippen MR) is 73.7 cm³/mol. The fourth-order valence-corrected chi connectivity index (χ4v) is 2.12. The van der Waals surface area contributed by atoms with Crippen LogP contribution in [0, 0.1) is 0 Å². The maximum absolute atomic E-state index is 11.7. The van der Waals surface area contributed by atoms with Crippen molar-refractivity contribution in [1.29, 1.82) is 0 Å². The third-order valence-electron chi connectivity index (χ3n) is 3.15. The largest absolute Gasteiger partial charge is 0.381 e. The Morgan fingerprint density at radius 1 is 1.20 bits per heavy atom. The van der Waals surface area contributed by atoms with E-state index in [9.17, 15) is 9.59 Å². The molecule has 3 rings (SSSR count). The second-order valence-corrected chi connectivity index (χ2v) is 4.59. The molecular weight excluding hydrogens is 258 g/mol. The molecule has 0 saturated carbocycles. The molecule has 1 aromatic carbocycles. The lowest BCUT2D eigenvalue weighted by atomic mass is 10.1. The Bertz CT molecular complexity index is 700. The summed E-state index contributed by atoms with van der Waals surface area (Å²) in [6, 6.07) is 6.81. The van der Waals surface area contributed by atoms with Crippen molar-refractivity contribution in [3.8, 4) is 0 Å². The number of amides is 2. The van der Waals surface area contributed by atoms with Crippen LogP contribution < -0.4 is 16.4 Å². The molecule has 102 valence electrons. The third-order valence-corrected chi connectivity index (χ3v) is 3.15. The highest BCUT2D eigenvalue weighted by Crippen LogP contribution is 2.20. The highest BCUT2D eigenvalue weighted by atomic mass is 16.2. The first-order chi connectivity index (χ1) is 9.63. The first kappa shape index (κ1) is 12.3. The van der Waals surface area contributed by atoms with Crippen molar-refractivity contribution < 1.29 is 9.59 Å². The molecule has 1 saturated heterocycles. The van der Waals surface area contributed by atoms with E-state index in [1.54, 1.807) is 0 Å². The van der Waals surface area contributed by atoms with Crippen LogP contribution in [0.25, 0.3) is 11.0 Å². The van der Waals surface area contributed by atoms with Crippen LogP contribution in [0.1, 0.15) is 12.8 Å². The van der Waals surface area contributed by atoms with Crippen molar-refractivity contribution >= 4 is 34.5 Å². The van der Waals surface area contributed by atoms with Crippen molar-refractivity contribution in [3.63, 3.8) is 0 Å². The molecule has 20 heavy (non-hydrogen) atoms. The minimum Gasteiger partial charge on any atom is -0.381 e. The Morgan fingerprint density at radius 3 is 2.60 bits per heavy atom. The Labute approximate surface area is 114 Å². The topological polar surface area (TPSA) is 110 Å². The first-order valence-electron chi connectivity index (χ1n) is 6.26. The first-order valence-corrected chi connectivity index (χ1v) is 6.26. The Balaban J connectivity index is 1.89. The van der Waals surface area contributed by atoms with Crippen LogP contribution in [0.3, 0.4) is 0 Å². The number of carbonyl (C=O) groups excluding carboxylic acids is 2. The molecule has 1 atom stereocenters. The van der Waals surface area contributed by atoms with E-state index in [1.165, 1.54) is 0 Å². The summed E-state index contributed by atoms with van der Waals surface area (Å²) < 4.78 is 0. The van der Waals surface area contributed by atoms with Gasteiger partial charge >= 0.3 is 0 Å². The number of benzene rings is 1. The van der Waals surface area contributed by atoms with Gasteiger partial charge in [0.15, 0.2) is 11.6 Å². The number of anilines is 2. The number of piperidine rings is 1. The second-order valence-electron chi connectivity index (χ2n) is 4.59. The lowest BCUT2D eigenvalue weighted by molar-refractivity contribution is -0.133. The van der Waals surface area contributed by atoms with E-state index in [-0.39, 0.29) is 17.6 Å². The number of nitrogens with zero attached hydrogens (tertiary/aromatic N) is 2. The van der Waals surface area contributed by atoms with Gasteiger partial charge in [-0.2, -0.15) is 0 Å². The number of para-hydroxylation sites is 2. The summed E-state index contributed by atoms with van der Waals surface area (Å²) in [5.41, 5.74) is 7.23. The summed E-state index contributed by atoms with van der Waals surface area (Å²) in [7, 11) is 0. The number of nitrogens with two attached hydrogens (primary N) is 1. The Morgan fingerprint density at radius 2 is 1.90 bits per heavy atom. The van der Waals surface area contributed by atoms with Crippen LogP contribution >= 0.6 is 0 Å². The maximum Gasteiger partial charge on any atom is 0.249 e.